The van der Waals surface area contributed by atoms with Gasteiger partial charge in [-0.15, -0.1) is 0 Å². The number of hydrogen-bond donors (Lipinski definition) is 1. The summed E-state index contributed by atoms with van der Waals surface area (Å²) >= 11 is 0. The predicted molar refractivity (Wildman–Crippen MR) is 95.3 cm³/mol. The first-order valence-corrected chi connectivity index (χ1v) is 8.90. The molecule has 1 atom stereocenters. The van der Waals surface area contributed by atoms with Gasteiger partial charge in [-0.2, -0.15) is 0 Å². The molecular weight excluding hydrogens is 300 g/mol. The Balaban J connectivity index is 1.43. The highest BCUT2D eigenvalue weighted by Gasteiger charge is 2.28. The second-order valence-electron chi connectivity index (χ2n) is 6.85. The van der Waals surface area contributed by atoms with Gasteiger partial charge in [-0.25, -0.2) is 4.98 Å². The van der Waals surface area contributed by atoms with E-state index in [1.54, 1.807) is 6.20 Å². The van der Waals surface area contributed by atoms with Crippen molar-refractivity contribution in [3.63, 3.8) is 0 Å². The van der Waals surface area contributed by atoms with E-state index >= 15 is 0 Å². The monoisotopic (exact) mass is 324 g/mol. The third kappa shape index (κ3) is 3.36. The number of nitrogens with zero attached hydrogens (tertiary/aromatic N) is 3. The lowest BCUT2D eigenvalue weighted by atomic mass is 10.1. The Morgan fingerprint density at radius 1 is 1.17 bits per heavy atom. The molecule has 0 unspecified atom stereocenters. The van der Waals surface area contributed by atoms with Gasteiger partial charge in [0, 0.05) is 44.1 Å². The van der Waals surface area contributed by atoms with Gasteiger partial charge in [-0.3, -0.25) is 4.79 Å². The zero-order valence-electron chi connectivity index (χ0n) is 13.9. The van der Waals surface area contributed by atoms with Gasteiger partial charge in [0.1, 0.15) is 0 Å². The van der Waals surface area contributed by atoms with Crippen molar-refractivity contribution in [2.24, 2.45) is 0 Å². The maximum absolute atomic E-state index is 12.7. The van der Waals surface area contributed by atoms with Gasteiger partial charge >= 0.3 is 0 Å². The van der Waals surface area contributed by atoms with Crippen LogP contribution in [0.2, 0.25) is 0 Å². The Kier molecular flexibility index (Phi) is 4.34. The lowest BCUT2D eigenvalue weighted by Crippen LogP contribution is -2.47. The number of benzene rings is 1. The highest BCUT2D eigenvalue weighted by molar-refractivity contribution is 5.37. The molecule has 1 aliphatic carbocycles. The Bertz CT molecular complexity index is 739. The minimum atomic E-state index is 0.0729. The summed E-state index contributed by atoms with van der Waals surface area (Å²) in [4.78, 5) is 19.2. The smallest absolute Gasteiger partial charge is 0.293 e. The maximum atomic E-state index is 12.7. The van der Waals surface area contributed by atoms with Gasteiger partial charge in [0.15, 0.2) is 5.82 Å². The maximum Gasteiger partial charge on any atom is 0.293 e. The summed E-state index contributed by atoms with van der Waals surface area (Å²) in [7, 11) is 0. The van der Waals surface area contributed by atoms with E-state index in [9.17, 15) is 4.79 Å². The van der Waals surface area contributed by atoms with Crippen LogP contribution in [-0.4, -0.2) is 28.7 Å². The molecule has 1 saturated heterocycles. The average Bonchev–Trinajstić information content (AvgIpc) is 3.46. The average molecular weight is 324 g/mol. The van der Waals surface area contributed by atoms with Crippen molar-refractivity contribution in [2.75, 3.05) is 18.0 Å². The molecule has 2 heterocycles. The normalized spacial score (nSPS) is 21.0. The number of anilines is 1. The first kappa shape index (κ1) is 15.4. The number of aromatic nitrogens is 2. The molecule has 0 amide bonds. The van der Waals surface area contributed by atoms with E-state index in [1.807, 2.05) is 16.8 Å². The third-order valence-electron chi connectivity index (χ3n) is 4.95. The van der Waals surface area contributed by atoms with Crippen molar-refractivity contribution < 1.29 is 0 Å². The predicted octanol–water partition coefficient (Wildman–Crippen LogP) is 2.34. The summed E-state index contributed by atoms with van der Waals surface area (Å²) in [6.45, 7) is 2.64. The van der Waals surface area contributed by atoms with Crippen LogP contribution < -0.4 is 15.8 Å². The zero-order valence-corrected chi connectivity index (χ0v) is 13.9. The molecule has 126 valence electrons. The van der Waals surface area contributed by atoms with Crippen LogP contribution in [0.3, 0.4) is 0 Å². The standard InChI is InChI=1S/C19H24N4O/c24-19-18(20-10-12-23(19)17-8-9-17)22-11-4-7-16(14-22)21-13-15-5-2-1-3-6-15/h1-3,5-6,10,12,16-17,21H,4,7-9,11,13-14H2/t16-/m0/s1. The summed E-state index contributed by atoms with van der Waals surface area (Å²) in [5.41, 5.74) is 1.37. The fourth-order valence-electron chi connectivity index (χ4n) is 3.47. The van der Waals surface area contributed by atoms with Gasteiger partial charge in [-0.05, 0) is 31.2 Å². The number of hydrogen-bond acceptors (Lipinski definition) is 4. The molecule has 2 fully saturated rings. The quantitative estimate of drug-likeness (QED) is 0.917. The molecule has 1 aliphatic heterocycles. The van der Waals surface area contributed by atoms with Crippen molar-refractivity contribution in [2.45, 2.75) is 44.3 Å². The van der Waals surface area contributed by atoms with Crippen molar-refractivity contribution in [1.29, 1.82) is 0 Å². The molecule has 2 aromatic rings. The minimum absolute atomic E-state index is 0.0729. The third-order valence-corrected chi connectivity index (χ3v) is 4.95. The van der Waals surface area contributed by atoms with Crippen LogP contribution in [0.5, 0.6) is 0 Å². The molecule has 1 aromatic heterocycles. The fraction of sp³-hybridized carbons (Fsp3) is 0.474. The van der Waals surface area contributed by atoms with E-state index < -0.39 is 0 Å². The van der Waals surface area contributed by atoms with Gasteiger partial charge in [0.25, 0.3) is 5.56 Å². The van der Waals surface area contributed by atoms with Crippen LogP contribution in [-0.2, 0) is 6.54 Å². The van der Waals surface area contributed by atoms with E-state index in [0.29, 0.717) is 17.9 Å². The van der Waals surface area contributed by atoms with Crippen molar-refractivity contribution in [1.82, 2.24) is 14.9 Å². The largest absolute Gasteiger partial charge is 0.350 e. The summed E-state index contributed by atoms with van der Waals surface area (Å²) in [6.07, 6.45) is 8.07. The van der Waals surface area contributed by atoms with Gasteiger partial charge in [0.05, 0.1) is 0 Å². The zero-order chi connectivity index (χ0) is 16.4. The summed E-state index contributed by atoms with van der Waals surface area (Å²) in [5.74, 6) is 0.621. The van der Waals surface area contributed by atoms with Crippen LogP contribution in [0.4, 0.5) is 5.82 Å². The SMILES string of the molecule is O=c1c(N2CCC[C@H](NCc3ccccc3)C2)nccn1C1CC1. The Morgan fingerprint density at radius 3 is 2.79 bits per heavy atom. The molecule has 5 nitrogen and oxygen atoms in total. The van der Waals surface area contributed by atoms with Gasteiger partial charge < -0.3 is 14.8 Å². The van der Waals surface area contributed by atoms with E-state index in [0.717, 1.165) is 45.3 Å². The molecular formula is C19H24N4O. The highest BCUT2D eigenvalue weighted by atomic mass is 16.1. The van der Waals surface area contributed by atoms with Crippen LogP contribution in [0.1, 0.15) is 37.3 Å². The molecule has 0 bridgehead atoms. The molecule has 0 radical (unpaired) electrons. The van der Waals surface area contributed by atoms with Crippen molar-refractivity contribution in [3.05, 3.63) is 58.6 Å². The van der Waals surface area contributed by atoms with Crippen LogP contribution in [0, 0.1) is 0 Å². The van der Waals surface area contributed by atoms with Gasteiger partial charge in [0.2, 0.25) is 0 Å². The fourth-order valence-corrected chi connectivity index (χ4v) is 3.47. The topological polar surface area (TPSA) is 50.2 Å². The Morgan fingerprint density at radius 2 is 2.00 bits per heavy atom. The molecule has 4 rings (SSSR count). The second-order valence-corrected chi connectivity index (χ2v) is 6.85. The van der Waals surface area contributed by atoms with Crippen LogP contribution in [0.25, 0.3) is 0 Å². The van der Waals surface area contributed by atoms with Crippen molar-refractivity contribution >= 4 is 5.82 Å². The molecule has 1 aromatic carbocycles. The highest BCUT2D eigenvalue weighted by Crippen LogP contribution is 2.33. The Hall–Kier alpha value is -2.14. The second kappa shape index (κ2) is 6.77. The lowest BCUT2D eigenvalue weighted by Gasteiger charge is -2.33. The van der Waals surface area contributed by atoms with E-state index in [-0.39, 0.29) is 5.56 Å². The van der Waals surface area contributed by atoms with E-state index in [2.05, 4.69) is 39.5 Å². The summed E-state index contributed by atoms with van der Waals surface area (Å²) in [5, 5.41) is 3.63. The first-order valence-electron chi connectivity index (χ1n) is 8.90. The molecule has 24 heavy (non-hydrogen) atoms. The van der Waals surface area contributed by atoms with Crippen molar-refractivity contribution in [3.8, 4) is 0 Å². The molecule has 1 saturated carbocycles. The van der Waals surface area contributed by atoms with Gasteiger partial charge in [-0.1, -0.05) is 30.3 Å². The lowest BCUT2D eigenvalue weighted by molar-refractivity contribution is 0.418. The Labute approximate surface area is 142 Å². The number of rotatable bonds is 5. The molecule has 1 N–H and O–H groups in total. The van der Waals surface area contributed by atoms with Crippen LogP contribution >= 0.6 is 0 Å². The van der Waals surface area contributed by atoms with E-state index in [4.69, 9.17) is 0 Å². The summed E-state index contributed by atoms with van der Waals surface area (Å²) in [6, 6.07) is 11.3. The minimum Gasteiger partial charge on any atom is -0.350 e. The molecule has 0 spiro atoms. The summed E-state index contributed by atoms with van der Waals surface area (Å²) < 4.78 is 1.86. The van der Waals surface area contributed by atoms with Crippen LogP contribution in [0.15, 0.2) is 47.5 Å². The molecule has 5 heteroatoms. The van der Waals surface area contributed by atoms with E-state index in [1.165, 1.54) is 5.56 Å². The first-order chi connectivity index (χ1) is 11.8. The number of nitrogens with one attached hydrogen (secondary N) is 1. The number of piperidine rings is 1. The molecule has 2 aliphatic rings.